The van der Waals surface area contributed by atoms with Crippen LogP contribution in [0.15, 0.2) is 35.4 Å². The third-order valence-corrected chi connectivity index (χ3v) is 3.37. The highest BCUT2D eigenvalue weighted by Gasteiger charge is 2.09. The van der Waals surface area contributed by atoms with Crippen LogP contribution >= 0.6 is 11.6 Å². The van der Waals surface area contributed by atoms with Crippen LogP contribution in [0.1, 0.15) is 40.0 Å². The minimum absolute atomic E-state index is 0.126. The lowest BCUT2D eigenvalue weighted by Crippen LogP contribution is -2.02. The van der Waals surface area contributed by atoms with E-state index in [0.717, 1.165) is 24.3 Å². The highest BCUT2D eigenvalue weighted by atomic mass is 35.5. The van der Waals surface area contributed by atoms with E-state index in [2.05, 4.69) is 26.3 Å². The monoisotopic (exact) mass is 250 g/mol. The molecule has 2 unspecified atom stereocenters. The average molecular weight is 251 g/mol. The van der Waals surface area contributed by atoms with Crippen molar-refractivity contribution in [3.05, 3.63) is 35.4 Å². The van der Waals surface area contributed by atoms with E-state index in [-0.39, 0.29) is 5.92 Å². The molecule has 17 heavy (non-hydrogen) atoms. The van der Waals surface area contributed by atoms with E-state index in [1.807, 2.05) is 25.2 Å². The molecular formula is C16H23Cl. The molecule has 0 saturated carbocycles. The van der Waals surface area contributed by atoms with Crippen LogP contribution < -0.4 is 0 Å². The van der Waals surface area contributed by atoms with Gasteiger partial charge in [0.05, 0.1) is 0 Å². The third kappa shape index (κ3) is 7.08. The first-order valence-electron chi connectivity index (χ1n) is 6.19. The Balaban J connectivity index is 4.33. The van der Waals surface area contributed by atoms with Gasteiger partial charge in [-0.1, -0.05) is 56.5 Å². The second-order valence-electron chi connectivity index (χ2n) is 4.39. The van der Waals surface area contributed by atoms with Crippen molar-refractivity contribution in [2.45, 2.75) is 40.0 Å². The van der Waals surface area contributed by atoms with Gasteiger partial charge in [-0.2, -0.15) is 0 Å². The topological polar surface area (TPSA) is 0 Å². The van der Waals surface area contributed by atoms with Crippen molar-refractivity contribution in [1.29, 1.82) is 0 Å². The smallest absolute Gasteiger partial charge is 0.0443 e. The Morgan fingerprint density at radius 1 is 1.41 bits per heavy atom. The summed E-state index contributed by atoms with van der Waals surface area (Å²) in [6.07, 6.45) is 14.5. The standard InChI is InChI=1S/C16H23Cl/c1-6-13(4)9-11-15(7-2)14(5)10-12-16(17)8-3/h2,8,10,12-13,15H,5-6,9,11H2,1,3-4H3/b12-10-,16-8+. The van der Waals surface area contributed by atoms with Gasteiger partial charge < -0.3 is 0 Å². The Bertz CT molecular complexity index is 328. The zero-order chi connectivity index (χ0) is 13.3. The van der Waals surface area contributed by atoms with Crippen molar-refractivity contribution < 1.29 is 0 Å². The van der Waals surface area contributed by atoms with E-state index < -0.39 is 0 Å². The Kier molecular flexibility index (Phi) is 8.64. The Morgan fingerprint density at radius 2 is 2.06 bits per heavy atom. The lowest BCUT2D eigenvalue weighted by Gasteiger charge is -2.13. The molecule has 0 amide bonds. The van der Waals surface area contributed by atoms with Crippen molar-refractivity contribution in [3.63, 3.8) is 0 Å². The summed E-state index contributed by atoms with van der Waals surface area (Å²) in [4.78, 5) is 0. The molecule has 0 aliphatic rings. The Morgan fingerprint density at radius 3 is 2.53 bits per heavy atom. The third-order valence-electron chi connectivity index (χ3n) is 3.03. The van der Waals surface area contributed by atoms with Crippen molar-refractivity contribution in [2.24, 2.45) is 11.8 Å². The van der Waals surface area contributed by atoms with Gasteiger partial charge in [0.2, 0.25) is 0 Å². The molecule has 0 spiro atoms. The zero-order valence-electron chi connectivity index (χ0n) is 11.2. The summed E-state index contributed by atoms with van der Waals surface area (Å²) < 4.78 is 0. The number of terminal acetylenes is 1. The van der Waals surface area contributed by atoms with E-state index in [1.165, 1.54) is 6.42 Å². The van der Waals surface area contributed by atoms with Crippen LogP contribution in [0.3, 0.4) is 0 Å². The summed E-state index contributed by atoms with van der Waals surface area (Å²) in [5, 5.41) is 0.712. The summed E-state index contributed by atoms with van der Waals surface area (Å²) in [6.45, 7) is 10.4. The van der Waals surface area contributed by atoms with Crippen LogP contribution in [0.2, 0.25) is 0 Å². The molecule has 0 aliphatic carbocycles. The molecule has 0 aliphatic heterocycles. The normalized spacial score (nSPS) is 15.6. The first-order valence-corrected chi connectivity index (χ1v) is 6.57. The van der Waals surface area contributed by atoms with E-state index in [1.54, 1.807) is 0 Å². The van der Waals surface area contributed by atoms with Crippen LogP contribution in [0.4, 0.5) is 0 Å². The van der Waals surface area contributed by atoms with Gasteiger partial charge in [-0.05, 0) is 37.3 Å². The minimum Gasteiger partial charge on any atom is -0.119 e. The highest BCUT2D eigenvalue weighted by Crippen LogP contribution is 2.21. The number of hydrogen-bond acceptors (Lipinski definition) is 0. The zero-order valence-corrected chi connectivity index (χ0v) is 11.9. The molecule has 0 aromatic rings. The first kappa shape index (κ1) is 16.1. The quantitative estimate of drug-likeness (QED) is 0.424. The van der Waals surface area contributed by atoms with Crippen molar-refractivity contribution in [3.8, 4) is 12.3 Å². The molecule has 0 nitrogen and oxygen atoms in total. The van der Waals surface area contributed by atoms with E-state index in [9.17, 15) is 0 Å². The fraction of sp³-hybridized carbons (Fsp3) is 0.500. The van der Waals surface area contributed by atoms with Crippen LogP contribution in [0.5, 0.6) is 0 Å². The fourth-order valence-electron chi connectivity index (χ4n) is 1.43. The number of rotatable bonds is 7. The molecule has 0 radical (unpaired) electrons. The van der Waals surface area contributed by atoms with Crippen molar-refractivity contribution >= 4 is 11.6 Å². The summed E-state index contributed by atoms with van der Waals surface area (Å²) in [7, 11) is 0. The van der Waals surface area contributed by atoms with E-state index in [0.29, 0.717) is 5.03 Å². The van der Waals surface area contributed by atoms with E-state index >= 15 is 0 Å². The molecule has 0 bridgehead atoms. The average Bonchev–Trinajstić information content (AvgIpc) is 2.35. The van der Waals surface area contributed by atoms with Crippen LogP contribution in [0.25, 0.3) is 0 Å². The molecule has 1 heteroatoms. The van der Waals surface area contributed by atoms with Crippen LogP contribution in [-0.2, 0) is 0 Å². The Labute approximate surface area is 111 Å². The summed E-state index contributed by atoms with van der Waals surface area (Å²) in [6, 6.07) is 0. The summed E-state index contributed by atoms with van der Waals surface area (Å²) >= 11 is 5.89. The van der Waals surface area contributed by atoms with Gasteiger partial charge in [-0.25, -0.2) is 0 Å². The maximum atomic E-state index is 5.89. The van der Waals surface area contributed by atoms with E-state index in [4.69, 9.17) is 18.0 Å². The molecule has 0 aromatic carbocycles. The minimum atomic E-state index is 0.126. The lowest BCUT2D eigenvalue weighted by atomic mass is 9.91. The molecule has 94 valence electrons. The van der Waals surface area contributed by atoms with Crippen LogP contribution in [-0.4, -0.2) is 0 Å². The Hall–Kier alpha value is -0.930. The number of allylic oxidation sites excluding steroid dienone is 5. The van der Waals surface area contributed by atoms with Gasteiger partial charge in [-0.15, -0.1) is 6.42 Å². The number of halogens is 1. The second kappa shape index (κ2) is 9.14. The maximum Gasteiger partial charge on any atom is 0.0443 e. The van der Waals surface area contributed by atoms with Gasteiger partial charge in [-0.3, -0.25) is 0 Å². The molecule has 0 heterocycles. The van der Waals surface area contributed by atoms with Gasteiger partial charge >= 0.3 is 0 Å². The molecule has 0 fully saturated rings. The van der Waals surface area contributed by atoms with Gasteiger partial charge in [0.15, 0.2) is 0 Å². The molecular weight excluding hydrogens is 228 g/mol. The second-order valence-corrected chi connectivity index (χ2v) is 4.83. The molecule has 0 saturated heterocycles. The predicted molar refractivity (Wildman–Crippen MR) is 78.9 cm³/mol. The van der Waals surface area contributed by atoms with Gasteiger partial charge in [0, 0.05) is 11.0 Å². The maximum absolute atomic E-state index is 5.89. The van der Waals surface area contributed by atoms with Crippen molar-refractivity contribution in [1.82, 2.24) is 0 Å². The molecule has 0 aromatic heterocycles. The highest BCUT2D eigenvalue weighted by molar-refractivity contribution is 6.31. The summed E-state index contributed by atoms with van der Waals surface area (Å²) in [5.41, 5.74) is 0.968. The van der Waals surface area contributed by atoms with Gasteiger partial charge in [0.25, 0.3) is 0 Å². The predicted octanol–water partition coefficient (Wildman–Crippen LogP) is 5.32. The van der Waals surface area contributed by atoms with Crippen LogP contribution in [0, 0.1) is 24.2 Å². The lowest BCUT2D eigenvalue weighted by molar-refractivity contribution is 0.474. The molecule has 2 atom stereocenters. The SMILES string of the molecule is C#CC(CCC(C)CC)C(=C)/C=C\C(Cl)=C/C. The van der Waals surface area contributed by atoms with Gasteiger partial charge in [0.1, 0.15) is 0 Å². The largest absolute Gasteiger partial charge is 0.119 e. The number of hydrogen-bond donors (Lipinski definition) is 0. The molecule has 0 N–H and O–H groups in total. The van der Waals surface area contributed by atoms with Crippen molar-refractivity contribution in [2.75, 3.05) is 0 Å². The molecule has 0 rings (SSSR count). The summed E-state index contributed by atoms with van der Waals surface area (Å²) in [5.74, 6) is 3.66. The first-order chi connectivity index (χ1) is 8.04. The fourth-order valence-corrected chi connectivity index (χ4v) is 1.49.